The van der Waals surface area contributed by atoms with Crippen molar-refractivity contribution in [3.05, 3.63) is 18.0 Å². The molecule has 2 rings (SSSR count). The molecule has 1 aromatic rings. The Balaban J connectivity index is 2.16. The Bertz CT molecular complexity index is 385. The van der Waals surface area contributed by atoms with Crippen LogP contribution in [-0.2, 0) is 17.8 Å². The van der Waals surface area contributed by atoms with Gasteiger partial charge >= 0.3 is 0 Å². The fourth-order valence-electron chi connectivity index (χ4n) is 2.44. The standard InChI is InChI=1S/C12H19N3O/c1-3-12(7-5-11(16)14-12)9-10-6-8-13-15(10)4-2/h6,8H,3-5,7,9H2,1-2H3,(H,14,16). The molecule has 1 unspecified atom stereocenters. The molecule has 0 aliphatic carbocycles. The van der Waals surface area contributed by atoms with E-state index in [2.05, 4.69) is 24.3 Å². The maximum Gasteiger partial charge on any atom is 0.220 e. The number of hydrogen-bond acceptors (Lipinski definition) is 2. The smallest absolute Gasteiger partial charge is 0.220 e. The van der Waals surface area contributed by atoms with E-state index in [-0.39, 0.29) is 11.4 Å². The fourth-order valence-corrected chi connectivity index (χ4v) is 2.44. The van der Waals surface area contributed by atoms with Crippen LogP contribution in [0.1, 0.15) is 38.8 Å². The molecule has 0 aromatic carbocycles. The highest BCUT2D eigenvalue weighted by atomic mass is 16.2. The van der Waals surface area contributed by atoms with Crippen LogP contribution >= 0.6 is 0 Å². The van der Waals surface area contributed by atoms with E-state index >= 15 is 0 Å². The van der Waals surface area contributed by atoms with E-state index in [4.69, 9.17) is 0 Å². The second-order valence-corrected chi connectivity index (χ2v) is 4.50. The summed E-state index contributed by atoms with van der Waals surface area (Å²) in [4.78, 5) is 11.4. The minimum Gasteiger partial charge on any atom is -0.350 e. The van der Waals surface area contributed by atoms with Gasteiger partial charge in [0, 0.05) is 36.8 Å². The van der Waals surface area contributed by atoms with Crippen molar-refractivity contribution < 1.29 is 4.79 Å². The molecule has 4 nitrogen and oxygen atoms in total. The molecule has 1 atom stereocenters. The van der Waals surface area contributed by atoms with Crippen molar-refractivity contribution in [1.82, 2.24) is 15.1 Å². The lowest BCUT2D eigenvalue weighted by molar-refractivity contribution is -0.119. The van der Waals surface area contributed by atoms with Crippen molar-refractivity contribution in [3.8, 4) is 0 Å². The fraction of sp³-hybridized carbons (Fsp3) is 0.667. The monoisotopic (exact) mass is 221 g/mol. The van der Waals surface area contributed by atoms with Gasteiger partial charge in [0.25, 0.3) is 0 Å². The van der Waals surface area contributed by atoms with Gasteiger partial charge in [0.2, 0.25) is 5.91 Å². The normalized spacial score (nSPS) is 24.8. The lowest BCUT2D eigenvalue weighted by Crippen LogP contribution is -2.43. The number of aryl methyl sites for hydroxylation is 1. The summed E-state index contributed by atoms with van der Waals surface area (Å²) in [6.45, 7) is 5.11. The zero-order valence-corrected chi connectivity index (χ0v) is 9.99. The molecule has 16 heavy (non-hydrogen) atoms. The molecule has 1 aliphatic rings. The molecule has 0 spiro atoms. The molecule has 1 aliphatic heterocycles. The summed E-state index contributed by atoms with van der Waals surface area (Å²) in [7, 11) is 0. The predicted octanol–water partition coefficient (Wildman–Crippen LogP) is 1.50. The SMILES string of the molecule is CCn1nccc1CC1(CC)CCC(=O)N1. The molecular weight excluding hydrogens is 202 g/mol. The van der Waals surface area contributed by atoms with Gasteiger partial charge in [-0.05, 0) is 25.8 Å². The van der Waals surface area contributed by atoms with E-state index in [1.54, 1.807) is 0 Å². The molecule has 1 saturated heterocycles. The Morgan fingerprint density at radius 3 is 2.94 bits per heavy atom. The van der Waals surface area contributed by atoms with Gasteiger partial charge < -0.3 is 5.32 Å². The van der Waals surface area contributed by atoms with Gasteiger partial charge in [-0.15, -0.1) is 0 Å². The Labute approximate surface area is 96.0 Å². The van der Waals surface area contributed by atoms with Crippen LogP contribution in [-0.4, -0.2) is 21.2 Å². The highest BCUT2D eigenvalue weighted by Crippen LogP contribution is 2.27. The van der Waals surface area contributed by atoms with Gasteiger partial charge in [-0.1, -0.05) is 6.92 Å². The van der Waals surface area contributed by atoms with Crippen molar-refractivity contribution in [2.24, 2.45) is 0 Å². The van der Waals surface area contributed by atoms with E-state index in [1.165, 1.54) is 5.69 Å². The topological polar surface area (TPSA) is 46.9 Å². The first-order chi connectivity index (χ1) is 7.69. The van der Waals surface area contributed by atoms with E-state index in [0.29, 0.717) is 6.42 Å². The summed E-state index contributed by atoms with van der Waals surface area (Å²) in [6, 6.07) is 2.05. The lowest BCUT2D eigenvalue weighted by atomic mass is 9.89. The zero-order chi connectivity index (χ0) is 11.6. The van der Waals surface area contributed by atoms with E-state index in [9.17, 15) is 4.79 Å². The van der Waals surface area contributed by atoms with Gasteiger partial charge in [-0.2, -0.15) is 5.10 Å². The van der Waals surface area contributed by atoms with Crippen molar-refractivity contribution in [2.75, 3.05) is 0 Å². The Morgan fingerprint density at radius 2 is 2.38 bits per heavy atom. The molecule has 1 amide bonds. The third kappa shape index (κ3) is 1.96. The first-order valence-electron chi connectivity index (χ1n) is 6.01. The minimum absolute atomic E-state index is 0.0377. The third-order valence-corrected chi connectivity index (χ3v) is 3.54. The average molecular weight is 221 g/mol. The Hall–Kier alpha value is -1.32. The largest absolute Gasteiger partial charge is 0.350 e. The van der Waals surface area contributed by atoms with Crippen molar-refractivity contribution >= 4 is 5.91 Å². The Kier molecular flexibility index (Phi) is 2.99. The van der Waals surface area contributed by atoms with Crippen molar-refractivity contribution in [3.63, 3.8) is 0 Å². The quantitative estimate of drug-likeness (QED) is 0.837. The van der Waals surface area contributed by atoms with Crippen molar-refractivity contribution in [1.29, 1.82) is 0 Å². The second-order valence-electron chi connectivity index (χ2n) is 4.50. The number of aromatic nitrogens is 2. The third-order valence-electron chi connectivity index (χ3n) is 3.54. The lowest BCUT2D eigenvalue weighted by Gasteiger charge is -2.27. The van der Waals surface area contributed by atoms with Gasteiger partial charge in [0.1, 0.15) is 0 Å². The molecule has 1 aromatic heterocycles. The van der Waals surface area contributed by atoms with Crippen LogP contribution in [0.25, 0.3) is 0 Å². The zero-order valence-electron chi connectivity index (χ0n) is 9.99. The summed E-state index contributed by atoms with van der Waals surface area (Å²) in [6.07, 6.45) is 5.31. The molecule has 0 radical (unpaired) electrons. The predicted molar refractivity (Wildman–Crippen MR) is 62.0 cm³/mol. The van der Waals surface area contributed by atoms with E-state index < -0.39 is 0 Å². The van der Waals surface area contributed by atoms with E-state index in [0.717, 1.165) is 25.8 Å². The highest BCUT2D eigenvalue weighted by Gasteiger charge is 2.36. The molecule has 1 fully saturated rings. The maximum absolute atomic E-state index is 11.4. The molecule has 1 N–H and O–H groups in total. The summed E-state index contributed by atoms with van der Waals surface area (Å²) in [5, 5.41) is 7.39. The summed E-state index contributed by atoms with van der Waals surface area (Å²) >= 11 is 0. The first kappa shape index (κ1) is 11.2. The van der Waals surface area contributed by atoms with Crippen LogP contribution in [0.15, 0.2) is 12.3 Å². The number of carbonyl (C=O) groups excluding carboxylic acids is 1. The van der Waals surface area contributed by atoms with Crippen LogP contribution in [0.4, 0.5) is 0 Å². The second kappa shape index (κ2) is 4.28. The van der Waals surface area contributed by atoms with Crippen LogP contribution in [0.5, 0.6) is 0 Å². The summed E-state index contributed by atoms with van der Waals surface area (Å²) < 4.78 is 2.00. The van der Waals surface area contributed by atoms with Gasteiger partial charge in [0.15, 0.2) is 0 Å². The molecule has 0 saturated carbocycles. The van der Waals surface area contributed by atoms with E-state index in [1.807, 2.05) is 16.9 Å². The van der Waals surface area contributed by atoms with Crippen LogP contribution in [0.2, 0.25) is 0 Å². The summed E-state index contributed by atoms with van der Waals surface area (Å²) in [5.74, 6) is 0.185. The summed E-state index contributed by atoms with van der Waals surface area (Å²) in [5.41, 5.74) is 1.18. The molecule has 88 valence electrons. The minimum atomic E-state index is -0.0377. The van der Waals surface area contributed by atoms with Crippen LogP contribution < -0.4 is 5.32 Å². The number of nitrogens with one attached hydrogen (secondary N) is 1. The molecule has 2 heterocycles. The molecule has 4 heteroatoms. The maximum atomic E-state index is 11.4. The van der Waals surface area contributed by atoms with Gasteiger partial charge in [0.05, 0.1) is 0 Å². The van der Waals surface area contributed by atoms with Crippen molar-refractivity contribution in [2.45, 2.75) is 51.6 Å². The van der Waals surface area contributed by atoms with Crippen LogP contribution in [0.3, 0.4) is 0 Å². The molecular formula is C12H19N3O. The highest BCUT2D eigenvalue weighted by molar-refractivity contribution is 5.79. The average Bonchev–Trinajstić information content (AvgIpc) is 2.86. The van der Waals surface area contributed by atoms with Gasteiger partial charge in [-0.3, -0.25) is 9.48 Å². The number of hydrogen-bond donors (Lipinski definition) is 1. The van der Waals surface area contributed by atoms with Gasteiger partial charge in [-0.25, -0.2) is 0 Å². The Morgan fingerprint density at radius 1 is 1.56 bits per heavy atom. The molecule has 0 bridgehead atoms. The number of carbonyl (C=O) groups is 1. The first-order valence-corrected chi connectivity index (χ1v) is 6.01. The van der Waals surface area contributed by atoms with Crippen LogP contribution in [0, 0.1) is 0 Å². The number of rotatable bonds is 4. The number of nitrogens with zero attached hydrogens (tertiary/aromatic N) is 2. The number of amides is 1.